The number of sulfonamides is 1. The smallest absolute Gasteiger partial charge is 0.243 e. The molecule has 0 aromatic heterocycles. The van der Waals surface area contributed by atoms with Crippen molar-refractivity contribution in [3.05, 3.63) is 65.7 Å². The van der Waals surface area contributed by atoms with E-state index in [4.69, 9.17) is 0 Å². The number of benzene rings is 2. The van der Waals surface area contributed by atoms with E-state index in [-0.39, 0.29) is 4.90 Å². The lowest BCUT2D eigenvalue weighted by molar-refractivity contribution is 0.0520. The second-order valence-corrected chi connectivity index (χ2v) is 7.88. The van der Waals surface area contributed by atoms with E-state index in [0.29, 0.717) is 19.4 Å². The summed E-state index contributed by atoms with van der Waals surface area (Å²) in [7, 11) is -3.64. The van der Waals surface area contributed by atoms with Gasteiger partial charge in [-0.3, -0.25) is 0 Å². The van der Waals surface area contributed by atoms with Crippen molar-refractivity contribution in [3.8, 4) is 0 Å². The van der Waals surface area contributed by atoms with Gasteiger partial charge in [-0.1, -0.05) is 48.0 Å². The van der Waals surface area contributed by atoms with E-state index >= 15 is 0 Å². The molecule has 122 valence electrons. The van der Waals surface area contributed by atoms with Crippen LogP contribution in [0.3, 0.4) is 0 Å². The molecule has 4 nitrogen and oxygen atoms in total. The maximum atomic E-state index is 13.0. The van der Waals surface area contributed by atoms with E-state index < -0.39 is 22.2 Å². The Bertz CT molecular complexity index is 757. The third-order valence-electron chi connectivity index (χ3n) is 4.32. The van der Waals surface area contributed by atoms with Crippen LogP contribution in [0, 0.1) is 6.92 Å². The molecule has 0 aliphatic carbocycles. The molecule has 0 unspecified atom stereocenters. The molecule has 1 fully saturated rings. The van der Waals surface area contributed by atoms with Crippen LogP contribution in [0.4, 0.5) is 0 Å². The summed E-state index contributed by atoms with van der Waals surface area (Å²) in [6, 6.07) is 15.7. The van der Waals surface area contributed by atoms with Crippen LogP contribution in [-0.4, -0.2) is 30.5 Å². The van der Waals surface area contributed by atoms with Gasteiger partial charge in [-0.25, -0.2) is 8.42 Å². The zero-order chi connectivity index (χ0) is 16.4. The number of aryl methyl sites for hydroxylation is 1. The summed E-state index contributed by atoms with van der Waals surface area (Å²) in [6.07, 6.45) is 0.584. The van der Waals surface area contributed by atoms with Crippen LogP contribution in [0.2, 0.25) is 0 Å². The largest absolute Gasteiger partial charge is 0.391 e. The highest BCUT2D eigenvalue weighted by Gasteiger charge is 2.39. The van der Waals surface area contributed by atoms with Gasteiger partial charge in [0.2, 0.25) is 10.0 Å². The molecule has 0 saturated carbocycles. The highest BCUT2D eigenvalue weighted by Crippen LogP contribution is 2.35. The van der Waals surface area contributed by atoms with Crippen LogP contribution >= 0.6 is 0 Å². The fourth-order valence-electron chi connectivity index (χ4n) is 3.10. The highest BCUT2D eigenvalue weighted by atomic mass is 32.2. The lowest BCUT2D eigenvalue weighted by Crippen LogP contribution is -2.45. The fourth-order valence-corrected chi connectivity index (χ4v) is 4.78. The standard InChI is InChI=1S/C18H21NO3S/c1-14-9-11-16(12-10-14)23(21,22)19-13-5-8-17(20)18(19)15-6-3-2-4-7-15/h2-4,6-7,9-12,17-18,20H,5,8,13H2,1H3/t17-,18+/m0/s1. The molecule has 1 saturated heterocycles. The summed E-state index contributed by atoms with van der Waals surface area (Å²) >= 11 is 0. The van der Waals surface area contributed by atoms with Gasteiger partial charge in [-0.2, -0.15) is 4.31 Å². The van der Waals surface area contributed by atoms with Gasteiger partial charge in [0, 0.05) is 6.54 Å². The van der Waals surface area contributed by atoms with Crippen LogP contribution in [0.25, 0.3) is 0 Å². The van der Waals surface area contributed by atoms with Crippen LogP contribution < -0.4 is 0 Å². The Balaban J connectivity index is 2.02. The molecule has 5 heteroatoms. The Labute approximate surface area is 137 Å². The molecular weight excluding hydrogens is 310 g/mol. The maximum absolute atomic E-state index is 13.0. The van der Waals surface area contributed by atoms with Crippen molar-refractivity contribution >= 4 is 10.0 Å². The molecule has 1 N–H and O–H groups in total. The van der Waals surface area contributed by atoms with E-state index in [9.17, 15) is 13.5 Å². The lowest BCUT2D eigenvalue weighted by Gasteiger charge is -2.38. The molecule has 0 spiro atoms. The predicted octanol–water partition coefficient (Wildman–Crippen LogP) is 2.88. The minimum atomic E-state index is -3.64. The molecule has 2 aromatic rings. The maximum Gasteiger partial charge on any atom is 0.243 e. The van der Waals surface area contributed by atoms with Crippen LogP contribution in [0.15, 0.2) is 59.5 Å². The molecular formula is C18H21NO3S. The molecule has 2 atom stereocenters. The summed E-state index contributed by atoms with van der Waals surface area (Å²) in [5.41, 5.74) is 1.85. The fraction of sp³-hybridized carbons (Fsp3) is 0.333. The second-order valence-electron chi connectivity index (χ2n) is 5.99. The van der Waals surface area contributed by atoms with Crippen molar-refractivity contribution < 1.29 is 13.5 Å². The van der Waals surface area contributed by atoms with Crippen molar-refractivity contribution in [3.63, 3.8) is 0 Å². The van der Waals surface area contributed by atoms with Crippen molar-refractivity contribution in [2.24, 2.45) is 0 Å². The Morgan fingerprint density at radius 2 is 1.70 bits per heavy atom. The number of piperidine rings is 1. The van der Waals surface area contributed by atoms with Crippen molar-refractivity contribution in [2.75, 3.05) is 6.54 Å². The molecule has 0 amide bonds. The first-order valence-corrected chi connectivity index (χ1v) is 9.26. The zero-order valence-corrected chi connectivity index (χ0v) is 13.9. The van der Waals surface area contributed by atoms with Crippen LogP contribution in [0.5, 0.6) is 0 Å². The predicted molar refractivity (Wildman–Crippen MR) is 89.5 cm³/mol. The third-order valence-corrected chi connectivity index (χ3v) is 6.22. The van der Waals surface area contributed by atoms with Gasteiger partial charge < -0.3 is 5.11 Å². The first kappa shape index (κ1) is 16.2. The second kappa shape index (κ2) is 6.43. The van der Waals surface area contributed by atoms with Crippen LogP contribution in [0.1, 0.15) is 30.0 Å². The van der Waals surface area contributed by atoms with E-state index in [1.165, 1.54) is 4.31 Å². The average Bonchev–Trinajstić information content (AvgIpc) is 2.56. The monoisotopic (exact) mass is 331 g/mol. The minimum Gasteiger partial charge on any atom is -0.391 e. The van der Waals surface area contributed by atoms with E-state index in [1.807, 2.05) is 37.3 Å². The number of nitrogens with zero attached hydrogens (tertiary/aromatic N) is 1. The minimum absolute atomic E-state index is 0.276. The number of hydrogen-bond donors (Lipinski definition) is 1. The third kappa shape index (κ3) is 3.17. The summed E-state index contributed by atoms with van der Waals surface area (Å²) in [4.78, 5) is 0.276. The van der Waals surface area contributed by atoms with Gasteiger partial charge in [0.05, 0.1) is 17.0 Å². The average molecular weight is 331 g/mol. The Kier molecular flexibility index (Phi) is 4.53. The summed E-state index contributed by atoms with van der Waals surface area (Å²) in [6.45, 7) is 2.35. The lowest BCUT2D eigenvalue weighted by atomic mass is 9.95. The van der Waals surface area contributed by atoms with E-state index in [2.05, 4.69) is 0 Å². The molecule has 0 radical (unpaired) electrons. The van der Waals surface area contributed by atoms with E-state index in [0.717, 1.165) is 11.1 Å². The Morgan fingerprint density at radius 1 is 1.04 bits per heavy atom. The quantitative estimate of drug-likeness (QED) is 0.941. The number of aliphatic hydroxyl groups is 1. The molecule has 1 heterocycles. The SMILES string of the molecule is Cc1ccc(S(=O)(=O)N2CCC[C@H](O)[C@H]2c2ccccc2)cc1. The summed E-state index contributed by atoms with van der Waals surface area (Å²) < 4.78 is 27.5. The Morgan fingerprint density at radius 3 is 2.35 bits per heavy atom. The number of aliphatic hydroxyl groups excluding tert-OH is 1. The molecule has 3 rings (SSSR count). The highest BCUT2D eigenvalue weighted by molar-refractivity contribution is 7.89. The molecule has 1 aliphatic heterocycles. The van der Waals surface area contributed by atoms with Gasteiger partial charge in [-0.05, 0) is 37.5 Å². The van der Waals surface area contributed by atoms with Gasteiger partial charge >= 0.3 is 0 Å². The van der Waals surface area contributed by atoms with Gasteiger partial charge in [0.15, 0.2) is 0 Å². The van der Waals surface area contributed by atoms with Crippen molar-refractivity contribution in [1.29, 1.82) is 0 Å². The zero-order valence-electron chi connectivity index (χ0n) is 13.1. The van der Waals surface area contributed by atoms with Crippen molar-refractivity contribution in [1.82, 2.24) is 4.31 Å². The molecule has 1 aliphatic rings. The van der Waals surface area contributed by atoms with Gasteiger partial charge in [-0.15, -0.1) is 0 Å². The molecule has 2 aromatic carbocycles. The van der Waals surface area contributed by atoms with Gasteiger partial charge in [0.25, 0.3) is 0 Å². The molecule has 23 heavy (non-hydrogen) atoms. The van der Waals surface area contributed by atoms with Crippen LogP contribution in [-0.2, 0) is 10.0 Å². The van der Waals surface area contributed by atoms with E-state index in [1.54, 1.807) is 24.3 Å². The Hall–Kier alpha value is -1.69. The van der Waals surface area contributed by atoms with Gasteiger partial charge in [0.1, 0.15) is 0 Å². The summed E-state index contributed by atoms with van der Waals surface area (Å²) in [5, 5.41) is 10.4. The normalized spacial score (nSPS) is 22.9. The first-order chi connectivity index (χ1) is 11.0. The first-order valence-electron chi connectivity index (χ1n) is 7.81. The number of rotatable bonds is 3. The van der Waals surface area contributed by atoms with Crippen molar-refractivity contribution in [2.45, 2.75) is 36.8 Å². The molecule has 0 bridgehead atoms. The topological polar surface area (TPSA) is 57.6 Å². The summed E-state index contributed by atoms with van der Waals surface area (Å²) in [5.74, 6) is 0. The number of hydrogen-bond acceptors (Lipinski definition) is 3.